The van der Waals surface area contributed by atoms with E-state index >= 15 is 0 Å². The Bertz CT molecular complexity index is 209. The van der Waals surface area contributed by atoms with Crippen LogP contribution < -0.4 is 0 Å². The lowest BCUT2D eigenvalue weighted by atomic mass is 10.1. The molecule has 0 fully saturated rings. The second-order valence-corrected chi connectivity index (χ2v) is 5.19. The van der Waals surface area contributed by atoms with Crippen molar-refractivity contribution < 1.29 is 9.53 Å². The zero-order valence-electron chi connectivity index (χ0n) is 12.2. The summed E-state index contributed by atoms with van der Waals surface area (Å²) in [5.41, 5.74) is 0. The number of hydrogen-bond acceptors (Lipinski definition) is 2. The Kier molecular flexibility index (Phi) is 12.1. The van der Waals surface area contributed by atoms with Crippen LogP contribution in [0.5, 0.6) is 0 Å². The molecule has 2 heteroatoms. The molecular weight excluding hydrogens is 224 g/mol. The highest BCUT2D eigenvalue weighted by Crippen LogP contribution is 2.11. The molecule has 2 nitrogen and oxygen atoms in total. The zero-order valence-corrected chi connectivity index (χ0v) is 12.2. The lowest BCUT2D eigenvalue weighted by Gasteiger charge is -2.07. The predicted octanol–water partition coefficient (Wildman–Crippen LogP) is 5.03. The van der Waals surface area contributed by atoms with Crippen LogP contribution in [0.1, 0.15) is 78.1 Å². The second kappa shape index (κ2) is 12.7. The number of hydrogen-bond donors (Lipinski definition) is 0. The molecule has 106 valence electrons. The molecule has 0 aromatic heterocycles. The Morgan fingerprint density at radius 2 is 1.50 bits per heavy atom. The third kappa shape index (κ3) is 13.3. The SMILES string of the molecule is C=CCCCCCCCCCCC(=O)OC(C)C. The van der Waals surface area contributed by atoms with Gasteiger partial charge >= 0.3 is 5.97 Å². The highest BCUT2D eigenvalue weighted by atomic mass is 16.5. The molecule has 18 heavy (non-hydrogen) atoms. The van der Waals surface area contributed by atoms with Gasteiger partial charge in [0.25, 0.3) is 0 Å². The molecule has 0 aliphatic heterocycles. The van der Waals surface area contributed by atoms with E-state index in [1.165, 1.54) is 38.5 Å². The smallest absolute Gasteiger partial charge is 0.306 e. The van der Waals surface area contributed by atoms with E-state index < -0.39 is 0 Å². The van der Waals surface area contributed by atoms with Crippen LogP contribution in [0.25, 0.3) is 0 Å². The van der Waals surface area contributed by atoms with E-state index in [9.17, 15) is 4.79 Å². The van der Waals surface area contributed by atoms with Gasteiger partial charge in [0.1, 0.15) is 0 Å². The zero-order chi connectivity index (χ0) is 13.6. The molecule has 0 atom stereocenters. The number of allylic oxidation sites excluding steroid dienone is 1. The molecule has 0 bridgehead atoms. The first-order valence-electron chi connectivity index (χ1n) is 7.47. The summed E-state index contributed by atoms with van der Waals surface area (Å²) in [7, 11) is 0. The fourth-order valence-corrected chi connectivity index (χ4v) is 1.94. The summed E-state index contributed by atoms with van der Waals surface area (Å²) >= 11 is 0. The fraction of sp³-hybridized carbons (Fsp3) is 0.812. The molecule has 0 saturated carbocycles. The Hall–Kier alpha value is -0.790. The Morgan fingerprint density at radius 1 is 1.00 bits per heavy atom. The molecule has 0 aliphatic rings. The van der Waals surface area contributed by atoms with Crippen molar-refractivity contribution in [1.29, 1.82) is 0 Å². The lowest BCUT2D eigenvalue weighted by molar-refractivity contribution is -0.147. The summed E-state index contributed by atoms with van der Waals surface area (Å²) in [6.07, 6.45) is 13.7. The first kappa shape index (κ1) is 17.2. The molecule has 0 unspecified atom stereocenters. The van der Waals surface area contributed by atoms with Gasteiger partial charge in [-0.25, -0.2) is 0 Å². The normalized spacial score (nSPS) is 10.6. The summed E-state index contributed by atoms with van der Waals surface area (Å²) < 4.78 is 5.09. The number of carbonyl (C=O) groups is 1. The van der Waals surface area contributed by atoms with Gasteiger partial charge < -0.3 is 4.74 Å². The fourth-order valence-electron chi connectivity index (χ4n) is 1.94. The van der Waals surface area contributed by atoms with Gasteiger partial charge in [0.15, 0.2) is 0 Å². The number of rotatable bonds is 12. The van der Waals surface area contributed by atoms with Gasteiger partial charge in [-0.2, -0.15) is 0 Å². The quantitative estimate of drug-likeness (QED) is 0.277. The largest absolute Gasteiger partial charge is 0.463 e. The molecule has 0 aromatic carbocycles. The van der Waals surface area contributed by atoms with Gasteiger partial charge in [0, 0.05) is 6.42 Å². The molecule has 0 spiro atoms. The third-order valence-electron chi connectivity index (χ3n) is 2.91. The van der Waals surface area contributed by atoms with E-state index in [-0.39, 0.29) is 12.1 Å². The Labute approximate surface area is 113 Å². The van der Waals surface area contributed by atoms with Crippen molar-refractivity contribution in [1.82, 2.24) is 0 Å². The summed E-state index contributed by atoms with van der Waals surface area (Å²) in [5, 5.41) is 0. The molecule has 0 rings (SSSR count). The molecule has 0 aromatic rings. The standard InChI is InChI=1S/C16H30O2/c1-4-5-6-7-8-9-10-11-12-13-14-16(17)18-15(2)3/h4,15H,1,5-14H2,2-3H3. The third-order valence-corrected chi connectivity index (χ3v) is 2.91. The monoisotopic (exact) mass is 254 g/mol. The predicted molar refractivity (Wildman–Crippen MR) is 77.6 cm³/mol. The van der Waals surface area contributed by atoms with Crippen LogP contribution in [0.3, 0.4) is 0 Å². The molecular formula is C16H30O2. The first-order valence-corrected chi connectivity index (χ1v) is 7.47. The lowest BCUT2D eigenvalue weighted by Crippen LogP contribution is -2.10. The molecule has 0 aliphatic carbocycles. The number of ether oxygens (including phenoxy) is 1. The maximum Gasteiger partial charge on any atom is 0.306 e. The van der Waals surface area contributed by atoms with Gasteiger partial charge in [-0.3, -0.25) is 4.79 Å². The summed E-state index contributed by atoms with van der Waals surface area (Å²) in [6.45, 7) is 7.51. The number of esters is 1. The maximum absolute atomic E-state index is 11.3. The van der Waals surface area contributed by atoms with Crippen molar-refractivity contribution in [3.8, 4) is 0 Å². The number of unbranched alkanes of at least 4 members (excludes halogenated alkanes) is 8. The Balaban J connectivity index is 3.11. The highest BCUT2D eigenvalue weighted by molar-refractivity contribution is 5.69. The van der Waals surface area contributed by atoms with E-state index in [1.807, 2.05) is 19.9 Å². The van der Waals surface area contributed by atoms with Crippen LogP contribution in [-0.4, -0.2) is 12.1 Å². The van der Waals surface area contributed by atoms with E-state index in [0.29, 0.717) is 6.42 Å². The van der Waals surface area contributed by atoms with E-state index in [0.717, 1.165) is 19.3 Å². The van der Waals surface area contributed by atoms with Gasteiger partial charge in [-0.05, 0) is 33.1 Å². The topological polar surface area (TPSA) is 26.3 Å². The van der Waals surface area contributed by atoms with Crippen molar-refractivity contribution in [2.24, 2.45) is 0 Å². The molecule has 0 amide bonds. The average molecular weight is 254 g/mol. The van der Waals surface area contributed by atoms with E-state index in [2.05, 4.69) is 6.58 Å². The van der Waals surface area contributed by atoms with Crippen LogP contribution in [0, 0.1) is 0 Å². The number of carbonyl (C=O) groups excluding carboxylic acids is 1. The Morgan fingerprint density at radius 3 is 2.00 bits per heavy atom. The van der Waals surface area contributed by atoms with Crippen LogP contribution in [0.2, 0.25) is 0 Å². The summed E-state index contributed by atoms with van der Waals surface area (Å²) in [6, 6.07) is 0. The van der Waals surface area contributed by atoms with Crippen LogP contribution >= 0.6 is 0 Å². The maximum atomic E-state index is 11.3. The van der Waals surface area contributed by atoms with Crippen LogP contribution in [-0.2, 0) is 9.53 Å². The molecule has 0 heterocycles. The minimum absolute atomic E-state index is 0.0214. The van der Waals surface area contributed by atoms with Crippen LogP contribution in [0.4, 0.5) is 0 Å². The first-order chi connectivity index (χ1) is 8.66. The van der Waals surface area contributed by atoms with Gasteiger partial charge in [-0.15, -0.1) is 6.58 Å². The second-order valence-electron chi connectivity index (χ2n) is 5.19. The van der Waals surface area contributed by atoms with Gasteiger partial charge in [0.05, 0.1) is 6.10 Å². The van der Waals surface area contributed by atoms with Crippen molar-refractivity contribution in [3.63, 3.8) is 0 Å². The van der Waals surface area contributed by atoms with E-state index in [4.69, 9.17) is 4.74 Å². The van der Waals surface area contributed by atoms with Gasteiger partial charge in [-0.1, -0.05) is 44.6 Å². The minimum Gasteiger partial charge on any atom is -0.463 e. The molecule has 0 saturated heterocycles. The van der Waals surface area contributed by atoms with Crippen molar-refractivity contribution >= 4 is 5.97 Å². The minimum atomic E-state index is -0.0468. The molecule has 0 radical (unpaired) electrons. The highest BCUT2D eigenvalue weighted by Gasteiger charge is 2.04. The van der Waals surface area contributed by atoms with Crippen LogP contribution in [0.15, 0.2) is 12.7 Å². The summed E-state index contributed by atoms with van der Waals surface area (Å²) in [5.74, 6) is -0.0468. The van der Waals surface area contributed by atoms with Crippen molar-refractivity contribution in [2.75, 3.05) is 0 Å². The summed E-state index contributed by atoms with van der Waals surface area (Å²) in [4.78, 5) is 11.3. The molecule has 0 N–H and O–H groups in total. The van der Waals surface area contributed by atoms with Gasteiger partial charge in [0.2, 0.25) is 0 Å². The van der Waals surface area contributed by atoms with Crippen molar-refractivity contribution in [3.05, 3.63) is 12.7 Å². The van der Waals surface area contributed by atoms with E-state index in [1.54, 1.807) is 0 Å². The van der Waals surface area contributed by atoms with Crippen molar-refractivity contribution in [2.45, 2.75) is 84.2 Å². The average Bonchev–Trinajstić information content (AvgIpc) is 2.30.